The lowest BCUT2D eigenvalue weighted by molar-refractivity contribution is 0.0971. The normalized spacial score (nSPS) is 22.1. The Hall–Kier alpha value is -1.20. The van der Waals surface area contributed by atoms with Gasteiger partial charge >= 0.3 is 0 Å². The second-order valence-electron chi connectivity index (χ2n) is 5.27. The van der Waals surface area contributed by atoms with Gasteiger partial charge in [0.15, 0.2) is 15.6 Å². The summed E-state index contributed by atoms with van der Waals surface area (Å²) >= 11 is 0. The van der Waals surface area contributed by atoms with E-state index in [-0.39, 0.29) is 29.8 Å². The molecule has 0 spiro atoms. The van der Waals surface area contributed by atoms with Gasteiger partial charge in [-0.25, -0.2) is 8.42 Å². The third-order valence-corrected chi connectivity index (χ3v) is 5.01. The van der Waals surface area contributed by atoms with Crippen molar-refractivity contribution in [3.05, 3.63) is 34.9 Å². The van der Waals surface area contributed by atoms with Crippen LogP contribution < -0.4 is 5.32 Å². The molecule has 0 saturated carbocycles. The molecule has 1 aliphatic rings. The molecule has 5 heteroatoms. The summed E-state index contributed by atoms with van der Waals surface area (Å²) in [5, 5.41) is 3.10. The van der Waals surface area contributed by atoms with Crippen LogP contribution in [0.15, 0.2) is 18.2 Å². The fraction of sp³-hybridized carbons (Fsp3) is 0.500. The molecular formula is C14H19NO3S. The molecule has 19 heavy (non-hydrogen) atoms. The Kier molecular flexibility index (Phi) is 4.06. The van der Waals surface area contributed by atoms with Crippen LogP contribution in [0, 0.1) is 13.8 Å². The van der Waals surface area contributed by atoms with Gasteiger partial charge in [-0.05, 0) is 26.0 Å². The second kappa shape index (κ2) is 5.43. The summed E-state index contributed by atoms with van der Waals surface area (Å²) in [6.07, 6.45) is 0.238. The third-order valence-electron chi connectivity index (χ3n) is 3.28. The number of hydrogen-bond acceptors (Lipinski definition) is 4. The Balaban J connectivity index is 2.08. The molecule has 2 rings (SSSR count). The highest BCUT2D eigenvalue weighted by Gasteiger charge is 2.26. The Morgan fingerprint density at radius 3 is 2.47 bits per heavy atom. The van der Waals surface area contributed by atoms with E-state index < -0.39 is 9.84 Å². The zero-order valence-corrected chi connectivity index (χ0v) is 12.1. The van der Waals surface area contributed by atoms with E-state index in [2.05, 4.69) is 5.32 Å². The highest BCUT2D eigenvalue weighted by Crippen LogP contribution is 2.14. The predicted molar refractivity (Wildman–Crippen MR) is 75.3 cm³/mol. The number of hydrogen-bond donors (Lipinski definition) is 1. The number of Topliss-reactive ketones (excluding diaryl/α,β-unsaturated/α-hetero) is 1. The molecule has 1 saturated heterocycles. The molecule has 1 N–H and O–H groups in total. The number of ketones is 1. The Morgan fingerprint density at radius 2 is 1.89 bits per heavy atom. The average molecular weight is 281 g/mol. The van der Waals surface area contributed by atoms with Crippen LogP contribution in [0.4, 0.5) is 0 Å². The maximum absolute atomic E-state index is 12.2. The van der Waals surface area contributed by atoms with Crippen LogP contribution in [-0.2, 0) is 9.84 Å². The molecule has 1 atom stereocenters. The van der Waals surface area contributed by atoms with Gasteiger partial charge in [-0.3, -0.25) is 4.79 Å². The number of benzene rings is 1. The first-order valence-electron chi connectivity index (χ1n) is 6.41. The van der Waals surface area contributed by atoms with Gasteiger partial charge in [0.25, 0.3) is 0 Å². The van der Waals surface area contributed by atoms with Crippen LogP contribution in [0.25, 0.3) is 0 Å². The zero-order chi connectivity index (χ0) is 14.0. The van der Waals surface area contributed by atoms with Crippen LogP contribution in [0.2, 0.25) is 0 Å². The van der Waals surface area contributed by atoms with Crippen molar-refractivity contribution >= 4 is 15.6 Å². The molecule has 0 aliphatic carbocycles. The summed E-state index contributed by atoms with van der Waals surface area (Å²) in [6, 6.07) is 5.46. The highest BCUT2D eigenvalue weighted by molar-refractivity contribution is 7.91. The summed E-state index contributed by atoms with van der Waals surface area (Å²) < 4.78 is 23.1. The van der Waals surface area contributed by atoms with Crippen molar-refractivity contribution in [2.24, 2.45) is 0 Å². The van der Waals surface area contributed by atoms with Gasteiger partial charge in [0.1, 0.15) is 0 Å². The van der Waals surface area contributed by atoms with Gasteiger partial charge in [0, 0.05) is 24.6 Å². The predicted octanol–water partition coefficient (Wildman–Crippen LogP) is 1.26. The van der Waals surface area contributed by atoms with Crippen LogP contribution >= 0.6 is 0 Å². The lowest BCUT2D eigenvalue weighted by atomic mass is 10.0. The maximum atomic E-state index is 12.2. The average Bonchev–Trinajstić information content (AvgIpc) is 2.26. The van der Waals surface area contributed by atoms with Gasteiger partial charge < -0.3 is 5.32 Å². The number of rotatable bonds is 3. The number of nitrogens with one attached hydrogen (secondary N) is 1. The van der Waals surface area contributed by atoms with Crippen LogP contribution in [0.3, 0.4) is 0 Å². The molecule has 1 aliphatic heterocycles. The molecule has 1 fully saturated rings. The van der Waals surface area contributed by atoms with Crippen molar-refractivity contribution in [2.45, 2.75) is 26.3 Å². The van der Waals surface area contributed by atoms with Gasteiger partial charge in [-0.1, -0.05) is 17.2 Å². The minimum absolute atomic E-state index is 0.00130. The summed E-state index contributed by atoms with van der Waals surface area (Å²) in [5.41, 5.74) is 2.77. The lowest BCUT2D eigenvalue weighted by Crippen LogP contribution is -2.46. The molecule has 1 aromatic carbocycles. The van der Waals surface area contributed by atoms with E-state index in [4.69, 9.17) is 0 Å². The highest BCUT2D eigenvalue weighted by atomic mass is 32.2. The summed E-state index contributed by atoms with van der Waals surface area (Å²) in [6.45, 7) is 4.34. The van der Waals surface area contributed by atoms with E-state index >= 15 is 0 Å². The molecule has 104 valence electrons. The summed E-state index contributed by atoms with van der Waals surface area (Å²) in [4.78, 5) is 12.2. The van der Waals surface area contributed by atoms with Gasteiger partial charge in [0.05, 0.1) is 11.5 Å². The monoisotopic (exact) mass is 281 g/mol. The minimum atomic E-state index is -2.99. The van der Waals surface area contributed by atoms with Crippen molar-refractivity contribution in [2.75, 3.05) is 18.1 Å². The molecular weight excluding hydrogens is 262 g/mol. The van der Waals surface area contributed by atoms with Gasteiger partial charge in [-0.15, -0.1) is 0 Å². The molecule has 4 nitrogen and oxygen atoms in total. The molecule has 1 aromatic rings. The fourth-order valence-electron chi connectivity index (χ4n) is 2.48. The lowest BCUT2D eigenvalue weighted by Gasteiger charge is -2.23. The fourth-order valence-corrected chi connectivity index (χ4v) is 3.92. The SMILES string of the molecule is Cc1cc(C)cc(C(=O)CC2CS(=O)(=O)CCN2)c1. The first-order chi connectivity index (χ1) is 8.85. The molecule has 1 unspecified atom stereocenters. The minimum Gasteiger partial charge on any atom is -0.312 e. The molecule has 0 radical (unpaired) electrons. The van der Waals surface area contributed by atoms with E-state index in [0.717, 1.165) is 11.1 Å². The Labute approximate surface area is 114 Å². The van der Waals surface area contributed by atoms with Gasteiger partial charge in [-0.2, -0.15) is 0 Å². The number of carbonyl (C=O) groups is 1. The molecule has 0 bridgehead atoms. The van der Waals surface area contributed by atoms with Crippen molar-refractivity contribution in [3.63, 3.8) is 0 Å². The third kappa shape index (κ3) is 3.88. The molecule has 1 heterocycles. The number of carbonyl (C=O) groups excluding carboxylic acids is 1. The van der Waals surface area contributed by atoms with E-state index in [9.17, 15) is 13.2 Å². The summed E-state index contributed by atoms with van der Waals surface area (Å²) in [5.74, 6) is 0.228. The number of sulfone groups is 1. The second-order valence-corrected chi connectivity index (χ2v) is 7.50. The largest absolute Gasteiger partial charge is 0.312 e. The van der Waals surface area contributed by atoms with Gasteiger partial charge in [0.2, 0.25) is 0 Å². The first kappa shape index (κ1) is 14.2. The standard InChI is InChI=1S/C14H19NO3S/c1-10-5-11(2)7-12(6-10)14(16)8-13-9-19(17,18)4-3-15-13/h5-7,13,15H,3-4,8-9H2,1-2H3. The topological polar surface area (TPSA) is 63.2 Å². The zero-order valence-electron chi connectivity index (χ0n) is 11.3. The number of aryl methyl sites for hydroxylation is 2. The van der Waals surface area contributed by atoms with E-state index in [1.807, 2.05) is 32.0 Å². The Bertz CT molecular complexity index is 572. The molecule has 0 amide bonds. The van der Waals surface area contributed by atoms with Crippen molar-refractivity contribution < 1.29 is 13.2 Å². The maximum Gasteiger partial charge on any atom is 0.164 e. The van der Waals surface area contributed by atoms with E-state index in [0.29, 0.717) is 12.1 Å². The van der Waals surface area contributed by atoms with Crippen LogP contribution in [0.5, 0.6) is 0 Å². The van der Waals surface area contributed by atoms with E-state index in [1.54, 1.807) is 0 Å². The van der Waals surface area contributed by atoms with E-state index in [1.165, 1.54) is 0 Å². The molecule has 0 aromatic heterocycles. The first-order valence-corrected chi connectivity index (χ1v) is 8.23. The van der Waals surface area contributed by atoms with Crippen molar-refractivity contribution in [1.82, 2.24) is 5.32 Å². The van der Waals surface area contributed by atoms with Crippen molar-refractivity contribution in [3.8, 4) is 0 Å². The summed E-state index contributed by atoms with van der Waals surface area (Å²) in [7, 11) is -2.99. The smallest absolute Gasteiger partial charge is 0.164 e. The van der Waals surface area contributed by atoms with Crippen molar-refractivity contribution in [1.29, 1.82) is 0 Å². The van der Waals surface area contributed by atoms with Crippen LogP contribution in [0.1, 0.15) is 27.9 Å². The quantitative estimate of drug-likeness (QED) is 0.847. The Morgan fingerprint density at radius 1 is 1.26 bits per heavy atom. The van der Waals surface area contributed by atoms with Crippen LogP contribution in [-0.4, -0.2) is 38.3 Å².